The summed E-state index contributed by atoms with van der Waals surface area (Å²) in [5.41, 5.74) is 0. The molecule has 0 atom stereocenters. The second-order valence-electron chi connectivity index (χ2n) is 2.81. The quantitative estimate of drug-likeness (QED) is 0.405. The monoisotopic (exact) mass is 334 g/mol. The van der Waals surface area contributed by atoms with Crippen LogP contribution in [0.1, 0.15) is 0 Å². The first kappa shape index (κ1) is 16.0. The fourth-order valence-corrected chi connectivity index (χ4v) is 3.14. The first-order valence-corrected chi connectivity index (χ1v) is 8.24. The zero-order valence-corrected chi connectivity index (χ0v) is 11.2. The van der Waals surface area contributed by atoms with Crippen molar-refractivity contribution >= 4 is 30.9 Å². The van der Waals surface area contributed by atoms with Crippen LogP contribution in [0.3, 0.4) is 0 Å². The van der Waals surface area contributed by atoms with Gasteiger partial charge in [-0.15, -0.1) is 3.63 Å². The van der Waals surface area contributed by atoms with Crippen molar-refractivity contribution in [3.63, 3.8) is 0 Å². The Labute approximate surface area is 108 Å². The van der Waals surface area contributed by atoms with Crippen molar-refractivity contribution in [2.45, 2.75) is 4.90 Å². The second kappa shape index (κ2) is 5.49. The van der Waals surface area contributed by atoms with Gasteiger partial charge in [0, 0.05) is 0 Å². The molecular weight excluding hydrogens is 328 g/mol. The molecule has 0 aliphatic rings. The van der Waals surface area contributed by atoms with Crippen molar-refractivity contribution in [3.8, 4) is 0 Å². The largest absolute Gasteiger partial charge is 0.442 e. The standard InChI is InChI=1S/C6H6O10S3/c7-17(8,6-4-2-1-3-5-6)16-19(12,13)15-14-18(9,10)11/h1-5H,(H,9,10,11). The summed E-state index contributed by atoms with van der Waals surface area (Å²) in [6, 6.07) is 6.09. The molecule has 0 amide bonds. The fourth-order valence-electron chi connectivity index (χ4n) is 0.817. The molecule has 108 valence electrons. The zero-order chi connectivity index (χ0) is 14.7. The Morgan fingerprint density at radius 3 is 1.84 bits per heavy atom. The van der Waals surface area contributed by atoms with Gasteiger partial charge in [-0.3, -0.25) is 4.55 Å². The molecule has 19 heavy (non-hydrogen) atoms. The summed E-state index contributed by atoms with van der Waals surface area (Å²) in [6.07, 6.45) is 0. The van der Waals surface area contributed by atoms with Crippen LogP contribution in [0.2, 0.25) is 0 Å². The Morgan fingerprint density at radius 1 is 0.842 bits per heavy atom. The summed E-state index contributed by atoms with van der Waals surface area (Å²) in [5.74, 6) is 0. The molecule has 0 aliphatic heterocycles. The average Bonchev–Trinajstić information content (AvgIpc) is 2.26. The topological polar surface area (TPSA) is 150 Å². The Morgan fingerprint density at radius 2 is 1.37 bits per heavy atom. The number of hydrogen-bond donors (Lipinski definition) is 1. The van der Waals surface area contributed by atoms with Crippen LogP contribution in [0.5, 0.6) is 0 Å². The van der Waals surface area contributed by atoms with E-state index < -0.39 is 35.8 Å². The van der Waals surface area contributed by atoms with Crippen LogP contribution in [0.4, 0.5) is 0 Å². The summed E-state index contributed by atoms with van der Waals surface area (Å²) in [5, 5.41) is 0. The molecule has 0 unspecified atom stereocenters. The van der Waals surface area contributed by atoms with Crippen molar-refractivity contribution < 1.29 is 42.1 Å². The maximum atomic E-state index is 11.4. The second-order valence-corrected chi connectivity index (χ2v) is 6.68. The summed E-state index contributed by atoms with van der Waals surface area (Å²) in [4.78, 5) is -0.519. The van der Waals surface area contributed by atoms with Crippen LogP contribution in [0.15, 0.2) is 35.2 Å². The minimum absolute atomic E-state index is 0.519. The Balaban J connectivity index is 2.90. The first-order valence-electron chi connectivity index (χ1n) is 4.13. The highest BCUT2D eigenvalue weighted by atomic mass is 32.3. The predicted octanol–water partition coefficient (Wildman–Crippen LogP) is -0.612. The molecule has 1 rings (SSSR count). The smallest absolute Gasteiger partial charge is 0.262 e. The number of rotatable bonds is 6. The molecule has 0 radical (unpaired) electrons. The third kappa shape index (κ3) is 5.60. The molecular formula is C6H6O10S3. The molecule has 1 aromatic carbocycles. The van der Waals surface area contributed by atoms with Gasteiger partial charge in [-0.2, -0.15) is 25.3 Å². The third-order valence-electron chi connectivity index (χ3n) is 1.40. The van der Waals surface area contributed by atoms with E-state index in [4.69, 9.17) is 4.55 Å². The van der Waals surface area contributed by atoms with E-state index in [0.29, 0.717) is 0 Å². The van der Waals surface area contributed by atoms with Crippen LogP contribution >= 0.6 is 0 Å². The highest BCUT2D eigenvalue weighted by molar-refractivity contribution is 7.97. The number of benzene rings is 1. The molecule has 0 saturated carbocycles. The van der Waals surface area contributed by atoms with Crippen LogP contribution in [-0.2, 0) is 43.2 Å². The van der Waals surface area contributed by atoms with Crippen molar-refractivity contribution in [2.24, 2.45) is 0 Å². The Kier molecular flexibility index (Phi) is 4.62. The molecule has 0 fully saturated rings. The Bertz CT molecular complexity index is 730. The van der Waals surface area contributed by atoms with Gasteiger partial charge in [-0.1, -0.05) is 26.9 Å². The molecule has 0 aromatic heterocycles. The lowest BCUT2D eigenvalue weighted by molar-refractivity contribution is -0.103. The first-order chi connectivity index (χ1) is 8.52. The van der Waals surface area contributed by atoms with Gasteiger partial charge in [0.1, 0.15) is 0 Å². The van der Waals surface area contributed by atoms with E-state index in [9.17, 15) is 25.3 Å². The highest BCUT2D eigenvalue weighted by Gasteiger charge is 2.28. The van der Waals surface area contributed by atoms with Gasteiger partial charge in [0.15, 0.2) is 0 Å². The van der Waals surface area contributed by atoms with E-state index in [0.717, 1.165) is 12.1 Å². The minimum Gasteiger partial charge on any atom is -0.262 e. The van der Waals surface area contributed by atoms with Gasteiger partial charge in [0.25, 0.3) is 0 Å². The summed E-state index contributed by atoms with van der Waals surface area (Å²) in [6.45, 7) is 0. The van der Waals surface area contributed by atoms with Gasteiger partial charge < -0.3 is 0 Å². The SMILES string of the molecule is O=S(=O)(O)OOS(=O)(=O)OS(=O)(=O)c1ccccc1. The summed E-state index contributed by atoms with van der Waals surface area (Å²) < 4.78 is 82.7. The van der Waals surface area contributed by atoms with Crippen LogP contribution in [0.25, 0.3) is 0 Å². The maximum Gasteiger partial charge on any atom is 0.442 e. The minimum atomic E-state index is -5.37. The average molecular weight is 334 g/mol. The van der Waals surface area contributed by atoms with Gasteiger partial charge in [-0.25, -0.2) is 0 Å². The molecule has 13 heteroatoms. The van der Waals surface area contributed by atoms with Gasteiger partial charge in [-0.05, 0) is 12.1 Å². The molecule has 0 bridgehead atoms. The number of hydrogen-bond acceptors (Lipinski definition) is 9. The lowest BCUT2D eigenvalue weighted by Gasteiger charge is -2.04. The highest BCUT2D eigenvalue weighted by Crippen LogP contribution is 2.15. The van der Waals surface area contributed by atoms with E-state index in [-0.39, 0.29) is 0 Å². The van der Waals surface area contributed by atoms with Crippen molar-refractivity contribution in [1.29, 1.82) is 0 Å². The molecule has 0 saturated heterocycles. The fraction of sp³-hybridized carbons (Fsp3) is 0. The summed E-state index contributed by atoms with van der Waals surface area (Å²) >= 11 is 0. The van der Waals surface area contributed by atoms with Crippen LogP contribution in [0, 0.1) is 0 Å². The van der Waals surface area contributed by atoms with E-state index >= 15 is 0 Å². The molecule has 0 spiro atoms. The van der Waals surface area contributed by atoms with Crippen molar-refractivity contribution in [1.82, 2.24) is 0 Å². The third-order valence-corrected chi connectivity index (χ3v) is 4.20. The van der Waals surface area contributed by atoms with Gasteiger partial charge >= 0.3 is 30.9 Å². The van der Waals surface area contributed by atoms with Crippen LogP contribution in [-0.4, -0.2) is 29.8 Å². The van der Waals surface area contributed by atoms with Crippen molar-refractivity contribution in [3.05, 3.63) is 30.3 Å². The molecule has 1 N–H and O–H groups in total. The zero-order valence-electron chi connectivity index (χ0n) is 8.73. The van der Waals surface area contributed by atoms with Gasteiger partial charge in [0.05, 0.1) is 4.90 Å². The van der Waals surface area contributed by atoms with E-state index in [1.807, 2.05) is 0 Å². The van der Waals surface area contributed by atoms with E-state index in [1.165, 1.54) is 18.2 Å². The Hall–Kier alpha value is -1.09. The molecule has 10 nitrogen and oxygen atoms in total. The lowest BCUT2D eigenvalue weighted by atomic mass is 10.4. The van der Waals surface area contributed by atoms with Crippen LogP contribution < -0.4 is 0 Å². The van der Waals surface area contributed by atoms with E-state index in [1.54, 1.807) is 0 Å². The lowest BCUT2D eigenvalue weighted by Crippen LogP contribution is -2.18. The van der Waals surface area contributed by atoms with Gasteiger partial charge in [0.2, 0.25) is 0 Å². The van der Waals surface area contributed by atoms with Crippen molar-refractivity contribution in [2.75, 3.05) is 0 Å². The summed E-state index contributed by atoms with van der Waals surface area (Å²) in [7, 11) is -15.4. The maximum absolute atomic E-state index is 11.4. The predicted molar refractivity (Wildman–Crippen MR) is 57.4 cm³/mol. The normalized spacial score (nSPS) is 13.3. The molecule has 0 aliphatic carbocycles. The van der Waals surface area contributed by atoms with E-state index in [2.05, 4.69) is 12.3 Å². The molecule has 0 heterocycles. The molecule has 1 aromatic rings.